The molecule has 2 heterocycles. The standard InChI is InChI=1S/C6H11NO3/c7-6-1-2-9-5(6)10-3-4(6)8/h4-5,8H,1-3,7H2/t4-,5+,6+/m1/s1. The molecule has 3 atom stereocenters. The lowest BCUT2D eigenvalue weighted by Gasteiger charge is -2.22. The first-order chi connectivity index (χ1) is 4.73. The molecule has 0 aliphatic carbocycles. The Kier molecular flexibility index (Phi) is 1.25. The predicted molar refractivity (Wildman–Crippen MR) is 33.2 cm³/mol. The van der Waals surface area contributed by atoms with Gasteiger partial charge in [-0.1, -0.05) is 0 Å². The van der Waals surface area contributed by atoms with Crippen LogP contribution >= 0.6 is 0 Å². The van der Waals surface area contributed by atoms with Gasteiger partial charge in [0.25, 0.3) is 0 Å². The maximum absolute atomic E-state index is 9.33. The Labute approximate surface area is 58.9 Å². The van der Waals surface area contributed by atoms with Crippen molar-refractivity contribution < 1.29 is 14.6 Å². The van der Waals surface area contributed by atoms with E-state index in [9.17, 15) is 5.11 Å². The number of fused-ring (bicyclic) bond motifs is 1. The first-order valence-corrected chi connectivity index (χ1v) is 3.43. The van der Waals surface area contributed by atoms with E-state index in [0.29, 0.717) is 19.6 Å². The summed E-state index contributed by atoms with van der Waals surface area (Å²) in [5, 5.41) is 9.33. The third-order valence-corrected chi connectivity index (χ3v) is 2.27. The normalized spacial score (nSPS) is 53.4. The smallest absolute Gasteiger partial charge is 0.178 e. The fraction of sp³-hybridized carbons (Fsp3) is 1.00. The molecule has 4 heteroatoms. The van der Waals surface area contributed by atoms with Crippen LogP contribution in [0.3, 0.4) is 0 Å². The van der Waals surface area contributed by atoms with Gasteiger partial charge in [-0.2, -0.15) is 0 Å². The Morgan fingerprint density at radius 3 is 3.00 bits per heavy atom. The summed E-state index contributed by atoms with van der Waals surface area (Å²) in [6.07, 6.45) is -0.235. The molecule has 0 aromatic rings. The largest absolute Gasteiger partial charge is 0.389 e. The highest BCUT2D eigenvalue weighted by Crippen LogP contribution is 2.33. The van der Waals surface area contributed by atoms with Gasteiger partial charge in [0.2, 0.25) is 0 Å². The molecule has 0 amide bonds. The Hall–Kier alpha value is -0.160. The van der Waals surface area contributed by atoms with Crippen molar-refractivity contribution in [2.75, 3.05) is 13.2 Å². The van der Waals surface area contributed by atoms with Crippen LogP contribution < -0.4 is 5.73 Å². The number of hydrogen-bond acceptors (Lipinski definition) is 4. The van der Waals surface area contributed by atoms with E-state index in [4.69, 9.17) is 15.2 Å². The summed E-state index contributed by atoms with van der Waals surface area (Å²) < 4.78 is 10.2. The van der Waals surface area contributed by atoms with Crippen LogP contribution in [-0.2, 0) is 9.47 Å². The van der Waals surface area contributed by atoms with E-state index >= 15 is 0 Å². The summed E-state index contributed by atoms with van der Waals surface area (Å²) in [6.45, 7) is 0.902. The molecule has 58 valence electrons. The lowest BCUT2D eigenvalue weighted by atomic mass is 9.94. The van der Waals surface area contributed by atoms with Gasteiger partial charge < -0.3 is 20.3 Å². The topological polar surface area (TPSA) is 64.7 Å². The van der Waals surface area contributed by atoms with Gasteiger partial charge in [-0.25, -0.2) is 0 Å². The molecule has 10 heavy (non-hydrogen) atoms. The molecule has 3 N–H and O–H groups in total. The molecule has 0 unspecified atom stereocenters. The number of nitrogens with two attached hydrogens (primary N) is 1. The summed E-state index contributed by atoms with van der Waals surface area (Å²) in [6, 6.07) is 0. The second-order valence-corrected chi connectivity index (χ2v) is 2.91. The SMILES string of the molecule is N[C@]12CCO[C@H]1OC[C@H]2O. The first-order valence-electron chi connectivity index (χ1n) is 3.43. The molecule has 0 radical (unpaired) electrons. The van der Waals surface area contributed by atoms with E-state index in [1.165, 1.54) is 0 Å². The van der Waals surface area contributed by atoms with Gasteiger partial charge in [0.15, 0.2) is 6.29 Å². The second kappa shape index (κ2) is 1.92. The monoisotopic (exact) mass is 145 g/mol. The zero-order valence-electron chi connectivity index (χ0n) is 5.62. The van der Waals surface area contributed by atoms with E-state index in [1.54, 1.807) is 0 Å². The zero-order chi connectivity index (χ0) is 7.19. The van der Waals surface area contributed by atoms with Crippen LogP contribution in [0.5, 0.6) is 0 Å². The lowest BCUT2D eigenvalue weighted by molar-refractivity contribution is -0.0949. The number of hydrogen-bond donors (Lipinski definition) is 2. The molecule has 2 fully saturated rings. The Morgan fingerprint density at radius 1 is 1.50 bits per heavy atom. The van der Waals surface area contributed by atoms with Crippen molar-refractivity contribution in [2.45, 2.75) is 24.4 Å². The van der Waals surface area contributed by atoms with Crippen LogP contribution in [0.25, 0.3) is 0 Å². The summed E-state index contributed by atoms with van der Waals surface area (Å²) >= 11 is 0. The van der Waals surface area contributed by atoms with Crippen molar-refractivity contribution in [3.63, 3.8) is 0 Å². The molecule has 0 spiro atoms. The lowest BCUT2D eigenvalue weighted by Crippen LogP contribution is -2.52. The summed E-state index contributed by atoms with van der Waals surface area (Å²) in [5.74, 6) is 0. The Bertz CT molecular complexity index is 152. The molecule has 4 nitrogen and oxygen atoms in total. The average Bonchev–Trinajstić information content (AvgIpc) is 2.36. The van der Waals surface area contributed by atoms with Crippen molar-refractivity contribution in [1.29, 1.82) is 0 Å². The summed E-state index contributed by atoms with van der Waals surface area (Å²) in [4.78, 5) is 0. The van der Waals surface area contributed by atoms with E-state index in [1.807, 2.05) is 0 Å². The van der Waals surface area contributed by atoms with Crippen molar-refractivity contribution >= 4 is 0 Å². The van der Waals surface area contributed by atoms with Crippen LogP contribution in [0.4, 0.5) is 0 Å². The predicted octanol–water partition coefficient (Wildman–Crippen LogP) is -1.18. The molecule has 2 saturated heterocycles. The van der Waals surface area contributed by atoms with Crippen molar-refractivity contribution in [3.05, 3.63) is 0 Å². The van der Waals surface area contributed by atoms with Crippen LogP contribution in [0.2, 0.25) is 0 Å². The van der Waals surface area contributed by atoms with Gasteiger partial charge >= 0.3 is 0 Å². The van der Waals surface area contributed by atoms with Gasteiger partial charge in [0, 0.05) is 0 Å². The van der Waals surface area contributed by atoms with Crippen LogP contribution in [0.1, 0.15) is 6.42 Å². The second-order valence-electron chi connectivity index (χ2n) is 2.91. The third kappa shape index (κ3) is 0.645. The van der Waals surface area contributed by atoms with E-state index < -0.39 is 11.6 Å². The number of rotatable bonds is 0. The average molecular weight is 145 g/mol. The molecule has 2 aliphatic heterocycles. The van der Waals surface area contributed by atoms with Gasteiger partial charge in [-0.3, -0.25) is 0 Å². The van der Waals surface area contributed by atoms with Crippen LogP contribution in [-0.4, -0.2) is 36.3 Å². The van der Waals surface area contributed by atoms with E-state index in [-0.39, 0.29) is 6.29 Å². The third-order valence-electron chi connectivity index (χ3n) is 2.27. The molecule has 2 rings (SSSR count). The molecular formula is C6H11NO3. The van der Waals surface area contributed by atoms with Crippen LogP contribution in [0, 0.1) is 0 Å². The first kappa shape index (κ1) is 6.54. The maximum atomic E-state index is 9.33. The van der Waals surface area contributed by atoms with E-state index in [2.05, 4.69) is 0 Å². The van der Waals surface area contributed by atoms with Crippen molar-refractivity contribution in [2.24, 2.45) is 5.73 Å². The summed E-state index contributed by atoms with van der Waals surface area (Å²) in [5.41, 5.74) is 5.18. The van der Waals surface area contributed by atoms with Crippen molar-refractivity contribution in [3.8, 4) is 0 Å². The number of ether oxygens (including phenoxy) is 2. The van der Waals surface area contributed by atoms with Gasteiger partial charge in [0.05, 0.1) is 18.8 Å². The number of aliphatic hydroxyl groups is 1. The highest BCUT2D eigenvalue weighted by atomic mass is 16.7. The fourth-order valence-corrected chi connectivity index (χ4v) is 1.48. The number of aliphatic hydroxyl groups excluding tert-OH is 1. The maximum Gasteiger partial charge on any atom is 0.178 e. The quantitative estimate of drug-likeness (QED) is 0.450. The molecular weight excluding hydrogens is 134 g/mol. The molecule has 0 aromatic carbocycles. The molecule has 0 aromatic heterocycles. The molecule has 0 saturated carbocycles. The fourth-order valence-electron chi connectivity index (χ4n) is 1.48. The molecule has 0 bridgehead atoms. The molecule has 2 aliphatic rings. The van der Waals surface area contributed by atoms with Gasteiger partial charge in [0.1, 0.15) is 6.10 Å². The Balaban J connectivity index is 2.21. The minimum atomic E-state index is -0.625. The van der Waals surface area contributed by atoms with E-state index in [0.717, 1.165) is 0 Å². The van der Waals surface area contributed by atoms with Gasteiger partial charge in [-0.15, -0.1) is 0 Å². The minimum Gasteiger partial charge on any atom is -0.389 e. The van der Waals surface area contributed by atoms with Crippen LogP contribution in [0.15, 0.2) is 0 Å². The highest BCUT2D eigenvalue weighted by molar-refractivity contribution is 5.02. The summed E-state index contributed by atoms with van der Waals surface area (Å²) in [7, 11) is 0. The van der Waals surface area contributed by atoms with Gasteiger partial charge in [-0.05, 0) is 6.42 Å². The minimum absolute atomic E-state index is 0.307. The Morgan fingerprint density at radius 2 is 2.30 bits per heavy atom. The zero-order valence-corrected chi connectivity index (χ0v) is 5.62. The van der Waals surface area contributed by atoms with Crippen molar-refractivity contribution in [1.82, 2.24) is 0 Å². The highest BCUT2D eigenvalue weighted by Gasteiger charge is 2.52.